The van der Waals surface area contributed by atoms with Crippen LogP contribution in [-0.4, -0.2) is 68.3 Å². The van der Waals surface area contributed by atoms with Gasteiger partial charge in [0.25, 0.3) is 0 Å². The Balaban J connectivity index is 1.75. The lowest BCUT2D eigenvalue weighted by Gasteiger charge is -2.40. The second-order valence-corrected chi connectivity index (χ2v) is 9.38. The fourth-order valence-electron chi connectivity index (χ4n) is 5.28. The van der Waals surface area contributed by atoms with E-state index in [1.165, 1.54) is 56.3 Å². The monoisotopic (exact) mass is 420 g/mol. The van der Waals surface area contributed by atoms with Gasteiger partial charge in [0.15, 0.2) is 0 Å². The summed E-state index contributed by atoms with van der Waals surface area (Å²) in [5, 5.41) is 8.38. The van der Waals surface area contributed by atoms with Gasteiger partial charge in [-0.2, -0.15) is 5.10 Å². The number of ether oxygens (including phenoxy) is 2. The number of nitrogens with one attached hydrogen (secondary N) is 1. The third-order valence-corrected chi connectivity index (χ3v) is 7.05. The summed E-state index contributed by atoms with van der Waals surface area (Å²) < 4.78 is 14.1. The van der Waals surface area contributed by atoms with Crippen molar-refractivity contribution < 1.29 is 9.47 Å². The van der Waals surface area contributed by atoms with Crippen LogP contribution in [0.2, 0.25) is 0 Å². The first kappa shape index (κ1) is 23.7. The standard InChI is InChI=1S/C24H44N4O2/c1-5-29-18-24(19-30-6-2)12-10-20(11-13-24)23-21(17-27(4)16-14-25-3)26-28-15-8-7-9-22(23)28/h20,25H,5-19H2,1-4H3. The van der Waals surface area contributed by atoms with E-state index >= 15 is 0 Å². The minimum atomic E-state index is 0.194. The van der Waals surface area contributed by atoms with E-state index in [1.54, 1.807) is 5.56 Å². The van der Waals surface area contributed by atoms with Crippen molar-refractivity contribution >= 4 is 0 Å². The zero-order valence-electron chi connectivity index (χ0n) is 19.8. The Labute approximate surface area is 183 Å². The largest absolute Gasteiger partial charge is 0.381 e. The predicted octanol–water partition coefficient (Wildman–Crippen LogP) is 3.59. The number of hydrogen-bond donors (Lipinski definition) is 1. The molecule has 1 fully saturated rings. The predicted molar refractivity (Wildman–Crippen MR) is 122 cm³/mol. The van der Waals surface area contributed by atoms with Crippen molar-refractivity contribution in [2.24, 2.45) is 5.41 Å². The molecule has 2 aliphatic rings. The maximum absolute atomic E-state index is 5.89. The molecule has 0 aromatic carbocycles. The second-order valence-electron chi connectivity index (χ2n) is 9.38. The van der Waals surface area contributed by atoms with Crippen molar-refractivity contribution in [3.63, 3.8) is 0 Å². The molecule has 1 aliphatic heterocycles. The molecule has 0 atom stereocenters. The van der Waals surface area contributed by atoms with Crippen LogP contribution in [0.1, 0.15) is 75.2 Å². The fourth-order valence-corrected chi connectivity index (χ4v) is 5.28. The Hall–Kier alpha value is -0.950. The van der Waals surface area contributed by atoms with Gasteiger partial charge in [-0.15, -0.1) is 0 Å². The number of rotatable bonds is 12. The topological polar surface area (TPSA) is 51.6 Å². The van der Waals surface area contributed by atoms with Crippen molar-refractivity contribution in [3.8, 4) is 0 Å². The van der Waals surface area contributed by atoms with Crippen LogP contribution in [0.4, 0.5) is 0 Å². The maximum atomic E-state index is 5.89. The van der Waals surface area contributed by atoms with E-state index in [-0.39, 0.29) is 5.41 Å². The van der Waals surface area contributed by atoms with Gasteiger partial charge in [-0.3, -0.25) is 9.58 Å². The number of likely N-dealkylation sites (N-methyl/N-ethyl adjacent to an activating group) is 2. The molecular weight excluding hydrogens is 376 g/mol. The van der Waals surface area contributed by atoms with E-state index in [0.717, 1.165) is 52.6 Å². The molecule has 0 spiro atoms. The van der Waals surface area contributed by atoms with Gasteiger partial charge in [-0.05, 0) is 78.8 Å². The van der Waals surface area contributed by atoms with Crippen LogP contribution in [-0.2, 0) is 29.0 Å². The Morgan fingerprint density at radius 3 is 2.47 bits per heavy atom. The molecule has 1 saturated carbocycles. The summed E-state index contributed by atoms with van der Waals surface area (Å²) in [6, 6.07) is 0. The molecule has 0 unspecified atom stereocenters. The van der Waals surface area contributed by atoms with E-state index in [1.807, 2.05) is 7.05 Å². The molecule has 0 radical (unpaired) electrons. The third kappa shape index (κ3) is 5.84. The van der Waals surface area contributed by atoms with E-state index < -0.39 is 0 Å². The summed E-state index contributed by atoms with van der Waals surface area (Å²) in [5.74, 6) is 0.635. The Kier molecular flexibility index (Phi) is 9.17. The molecule has 0 saturated heterocycles. The molecule has 1 aromatic heterocycles. The second kappa shape index (κ2) is 11.6. The van der Waals surface area contributed by atoms with E-state index in [9.17, 15) is 0 Å². The van der Waals surface area contributed by atoms with Crippen LogP contribution in [0.5, 0.6) is 0 Å². The van der Waals surface area contributed by atoms with Gasteiger partial charge in [0, 0.05) is 56.1 Å². The zero-order chi connectivity index (χ0) is 21.4. The molecule has 6 nitrogen and oxygen atoms in total. The van der Waals surface area contributed by atoms with Crippen LogP contribution in [0.25, 0.3) is 0 Å². The van der Waals surface area contributed by atoms with Crippen molar-refractivity contribution in [1.82, 2.24) is 20.0 Å². The highest BCUT2D eigenvalue weighted by atomic mass is 16.5. The average molecular weight is 421 g/mol. The van der Waals surface area contributed by atoms with E-state index in [2.05, 4.69) is 35.8 Å². The molecule has 6 heteroatoms. The summed E-state index contributed by atoms with van der Waals surface area (Å²) in [5.41, 5.74) is 4.65. The van der Waals surface area contributed by atoms with Gasteiger partial charge >= 0.3 is 0 Å². The lowest BCUT2D eigenvalue weighted by atomic mass is 9.69. The van der Waals surface area contributed by atoms with Gasteiger partial charge in [0.05, 0.1) is 18.9 Å². The first-order valence-corrected chi connectivity index (χ1v) is 12.2. The Morgan fingerprint density at radius 2 is 1.83 bits per heavy atom. The average Bonchev–Trinajstić information content (AvgIpc) is 3.13. The lowest BCUT2D eigenvalue weighted by Crippen LogP contribution is -2.36. The molecule has 1 aliphatic carbocycles. The van der Waals surface area contributed by atoms with E-state index in [4.69, 9.17) is 14.6 Å². The molecule has 30 heavy (non-hydrogen) atoms. The van der Waals surface area contributed by atoms with Crippen molar-refractivity contribution in [1.29, 1.82) is 0 Å². The van der Waals surface area contributed by atoms with Crippen molar-refractivity contribution in [2.75, 3.05) is 53.6 Å². The van der Waals surface area contributed by atoms with Gasteiger partial charge in [0.1, 0.15) is 0 Å². The van der Waals surface area contributed by atoms with Gasteiger partial charge in [-0.25, -0.2) is 0 Å². The summed E-state index contributed by atoms with van der Waals surface area (Å²) in [4.78, 5) is 2.41. The summed E-state index contributed by atoms with van der Waals surface area (Å²) >= 11 is 0. The molecule has 1 aromatic rings. The normalized spacial score (nSPS) is 19.4. The highest BCUT2D eigenvalue weighted by Gasteiger charge is 2.38. The number of fused-ring (bicyclic) bond motifs is 1. The maximum Gasteiger partial charge on any atom is 0.0802 e. The van der Waals surface area contributed by atoms with Crippen LogP contribution in [0.3, 0.4) is 0 Å². The van der Waals surface area contributed by atoms with Gasteiger partial charge in [0.2, 0.25) is 0 Å². The molecule has 172 valence electrons. The molecule has 2 heterocycles. The van der Waals surface area contributed by atoms with Crippen LogP contribution < -0.4 is 5.32 Å². The number of aromatic nitrogens is 2. The van der Waals surface area contributed by atoms with E-state index in [0.29, 0.717) is 5.92 Å². The van der Waals surface area contributed by atoms with Crippen LogP contribution in [0, 0.1) is 5.41 Å². The molecule has 1 N–H and O–H groups in total. The molecular formula is C24H44N4O2. The smallest absolute Gasteiger partial charge is 0.0802 e. The fraction of sp³-hybridized carbons (Fsp3) is 0.875. The summed E-state index contributed by atoms with van der Waals surface area (Å²) in [6.45, 7) is 11.5. The van der Waals surface area contributed by atoms with Gasteiger partial charge < -0.3 is 14.8 Å². The summed E-state index contributed by atoms with van der Waals surface area (Å²) in [6.07, 6.45) is 8.60. The van der Waals surface area contributed by atoms with Crippen molar-refractivity contribution in [2.45, 2.75) is 77.8 Å². The number of aryl methyl sites for hydroxylation is 1. The first-order valence-electron chi connectivity index (χ1n) is 12.2. The number of hydrogen-bond acceptors (Lipinski definition) is 5. The molecule has 0 amide bonds. The third-order valence-electron chi connectivity index (χ3n) is 7.05. The Morgan fingerprint density at radius 1 is 1.13 bits per heavy atom. The minimum Gasteiger partial charge on any atom is -0.381 e. The first-order chi connectivity index (χ1) is 14.6. The van der Waals surface area contributed by atoms with Crippen LogP contribution >= 0.6 is 0 Å². The number of nitrogens with zero attached hydrogens (tertiary/aromatic N) is 3. The molecule has 3 rings (SSSR count). The SMILES string of the molecule is CCOCC1(COCC)CCC(c2c(CN(C)CCNC)nn3c2CCCC3)CC1. The molecule has 0 bridgehead atoms. The minimum absolute atomic E-state index is 0.194. The quantitative estimate of drug-likeness (QED) is 0.560. The highest BCUT2D eigenvalue weighted by Crippen LogP contribution is 2.46. The van der Waals surface area contributed by atoms with Gasteiger partial charge in [-0.1, -0.05) is 0 Å². The summed E-state index contributed by atoms with van der Waals surface area (Å²) in [7, 11) is 4.24. The van der Waals surface area contributed by atoms with Crippen LogP contribution in [0.15, 0.2) is 0 Å². The lowest BCUT2D eigenvalue weighted by molar-refractivity contribution is -0.0396. The van der Waals surface area contributed by atoms with Crippen molar-refractivity contribution in [3.05, 3.63) is 17.0 Å². The Bertz CT molecular complexity index is 627. The highest BCUT2D eigenvalue weighted by molar-refractivity contribution is 5.32. The zero-order valence-corrected chi connectivity index (χ0v) is 19.8.